The second kappa shape index (κ2) is 4.59. The van der Waals surface area contributed by atoms with Crippen LogP contribution in [0.25, 0.3) is 0 Å². The van der Waals surface area contributed by atoms with Gasteiger partial charge in [-0.05, 0) is 6.07 Å². The van der Waals surface area contributed by atoms with Crippen LogP contribution in [0.1, 0.15) is 25.5 Å². The van der Waals surface area contributed by atoms with Gasteiger partial charge in [0.2, 0.25) is 0 Å². The minimum absolute atomic E-state index is 0.202. The molecular weight excluding hydrogens is 247 g/mol. The van der Waals surface area contributed by atoms with Crippen LogP contribution < -0.4 is 0 Å². The number of benzene rings is 1. The zero-order valence-corrected chi connectivity index (χ0v) is 10.8. The number of rotatable bonds is 1. The van der Waals surface area contributed by atoms with Gasteiger partial charge in [0.15, 0.2) is 0 Å². The first-order chi connectivity index (χ1) is 7.50. The van der Waals surface area contributed by atoms with Crippen molar-refractivity contribution >= 4 is 20.2 Å². The van der Waals surface area contributed by atoms with Crippen LogP contribution in [0.4, 0.5) is 0 Å². The van der Waals surface area contributed by atoms with Crippen molar-refractivity contribution in [3.63, 3.8) is 0 Å². The van der Waals surface area contributed by atoms with E-state index in [2.05, 4.69) is 0 Å². The van der Waals surface area contributed by atoms with Crippen molar-refractivity contribution < 1.29 is 13.9 Å². The Morgan fingerprint density at radius 2 is 2.12 bits per heavy atom. The van der Waals surface area contributed by atoms with Gasteiger partial charge in [0, 0.05) is 16.0 Å². The number of hydrogen-bond donors (Lipinski definition) is 1. The van der Waals surface area contributed by atoms with E-state index in [-0.39, 0.29) is 11.5 Å². The van der Waals surface area contributed by atoms with E-state index in [1.165, 1.54) is 0 Å². The van der Waals surface area contributed by atoms with Crippen LogP contribution in [-0.4, -0.2) is 11.5 Å². The van der Waals surface area contributed by atoms with Gasteiger partial charge in [0.05, 0.1) is 6.61 Å². The van der Waals surface area contributed by atoms with E-state index in [0.717, 1.165) is 5.56 Å². The maximum Gasteiger partial charge on any atom is 0.330 e. The molecule has 0 aliphatic carbocycles. The maximum absolute atomic E-state index is 9.44. The van der Waals surface area contributed by atoms with Crippen LogP contribution in [0, 0.1) is 5.41 Å². The molecule has 0 saturated carbocycles. The Balaban J connectivity index is 2.34. The lowest BCUT2D eigenvalue weighted by Crippen LogP contribution is -2.32. The molecule has 0 aromatic heterocycles. The molecule has 1 aromatic rings. The van der Waals surface area contributed by atoms with Gasteiger partial charge in [-0.25, -0.2) is 0 Å². The van der Waals surface area contributed by atoms with Crippen LogP contribution >= 0.6 is 20.2 Å². The van der Waals surface area contributed by atoms with Gasteiger partial charge in [-0.3, -0.25) is 0 Å². The molecule has 2 atom stereocenters. The topological polar surface area (TPSA) is 38.7 Å². The van der Waals surface area contributed by atoms with E-state index in [1.807, 2.05) is 38.1 Å². The van der Waals surface area contributed by atoms with Gasteiger partial charge in [-0.2, -0.15) is 0 Å². The molecule has 2 rings (SSSR count). The van der Waals surface area contributed by atoms with Crippen molar-refractivity contribution in [3.8, 4) is 0 Å². The summed E-state index contributed by atoms with van der Waals surface area (Å²) < 4.78 is 10.6. The van der Waals surface area contributed by atoms with Gasteiger partial charge in [-0.1, -0.05) is 43.6 Å². The van der Waals surface area contributed by atoms with E-state index in [4.69, 9.17) is 20.6 Å². The standard InChI is InChI=1S/C11H14ClO3P/c1-11(2)7-14-16(13)15-10(11)8-5-3-4-6-9(8)12/h3-6,10,13H,7H2,1-2H3/t10-,16?/m0/s1. The molecular formula is C11H14ClO3P. The van der Waals surface area contributed by atoms with E-state index in [9.17, 15) is 4.89 Å². The lowest BCUT2D eigenvalue weighted by molar-refractivity contribution is -0.0276. The highest BCUT2D eigenvalue weighted by molar-refractivity contribution is 7.40. The third-order valence-electron chi connectivity index (χ3n) is 2.64. The quantitative estimate of drug-likeness (QED) is 0.783. The molecule has 1 N–H and O–H groups in total. The molecule has 1 aliphatic rings. The molecule has 0 spiro atoms. The summed E-state index contributed by atoms with van der Waals surface area (Å²) in [6, 6.07) is 7.53. The molecule has 0 amide bonds. The predicted molar refractivity (Wildman–Crippen MR) is 64.1 cm³/mol. The molecule has 0 bridgehead atoms. The second-order valence-corrected chi connectivity index (χ2v) is 5.86. The van der Waals surface area contributed by atoms with Gasteiger partial charge in [-0.15, -0.1) is 0 Å². The Hall–Kier alpha value is -0.180. The first-order valence-electron chi connectivity index (χ1n) is 5.04. The molecule has 1 fully saturated rings. The zero-order valence-electron chi connectivity index (χ0n) is 9.18. The minimum Gasteiger partial charge on any atom is -0.328 e. The van der Waals surface area contributed by atoms with Crippen LogP contribution in [-0.2, 0) is 9.05 Å². The number of hydrogen-bond acceptors (Lipinski definition) is 3. The van der Waals surface area contributed by atoms with Crippen molar-refractivity contribution in [3.05, 3.63) is 34.9 Å². The summed E-state index contributed by atoms with van der Waals surface area (Å²) in [5.41, 5.74) is 0.700. The largest absolute Gasteiger partial charge is 0.330 e. The summed E-state index contributed by atoms with van der Waals surface area (Å²) >= 11 is 6.14. The first kappa shape index (κ1) is 12.3. The average Bonchev–Trinajstić information content (AvgIpc) is 2.23. The fourth-order valence-electron chi connectivity index (χ4n) is 1.73. The fraction of sp³-hybridized carbons (Fsp3) is 0.455. The second-order valence-electron chi connectivity index (χ2n) is 4.51. The summed E-state index contributed by atoms with van der Waals surface area (Å²) in [7, 11) is -1.78. The van der Waals surface area contributed by atoms with Gasteiger partial charge in [0.1, 0.15) is 6.10 Å². The Labute approximate surface area is 101 Å². The molecule has 1 heterocycles. The molecule has 1 aliphatic heterocycles. The highest BCUT2D eigenvalue weighted by Crippen LogP contribution is 2.53. The van der Waals surface area contributed by atoms with Gasteiger partial charge >= 0.3 is 8.60 Å². The Morgan fingerprint density at radius 1 is 1.44 bits per heavy atom. The van der Waals surface area contributed by atoms with Crippen LogP contribution in [0.5, 0.6) is 0 Å². The van der Waals surface area contributed by atoms with E-state index < -0.39 is 8.60 Å². The van der Waals surface area contributed by atoms with Crippen LogP contribution in [0.3, 0.4) is 0 Å². The average molecular weight is 261 g/mol. The van der Waals surface area contributed by atoms with E-state index >= 15 is 0 Å². The lowest BCUT2D eigenvalue weighted by Gasteiger charge is -2.39. The summed E-state index contributed by atoms with van der Waals surface area (Å²) in [5.74, 6) is 0. The molecule has 1 saturated heterocycles. The highest BCUT2D eigenvalue weighted by atomic mass is 35.5. The smallest absolute Gasteiger partial charge is 0.328 e. The highest BCUT2D eigenvalue weighted by Gasteiger charge is 2.40. The van der Waals surface area contributed by atoms with Crippen molar-refractivity contribution in [2.45, 2.75) is 20.0 Å². The lowest BCUT2D eigenvalue weighted by atomic mass is 9.83. The summed E-state index contributed by atoms with van der Waals surface area (Å²) in [6.45, 7) is 4.53. The van der Waals surface area contributed by atoms with Crippen molar-refractivity contribution in [2.75, 3.05) is 6.61 Å². The fourth-order valence-corrected chi connectivity index (χ4v) is 3.04. The summed E-state index contributed by atoms with van der Waals surface area (Å²) in [4.78, 5) is 9.44. The molecule has 3 nitrogen and oxygen atoms in total. The van der Waals surface area contributed by atoms with Crippen molar-refractivity contribution in [1.29, 1.82) is 0 Å². The molecule has 0 radical (unpaired) electrons. The van der Waals surface area contributed by atoms with Gasteiger partial charge in [0.25, 0.3) is 0 Å². The van der Waals surface area contributed by atoms with Crippen LogP contribution in [0.2, 0.25) is 5.02 Å². The summed E-state index contributed by atoms with van der Waals surface area (Å²) in [6.07, 6.45) is -0.230. The first-order valence-corrected chi connectivity index (χ1v) is 6.55. The Kier molecular flexibility index (Phi) is 3.53. The number of halogens is 1. The minimum atomic E-state index is -1.78. The molecule has 1 unspecified atom stereocenters. The Bertz CT molecular complexity index is 383. The van der Waals surface area contributed by atoms with Gasteiger partial charge < -0.3 is 13.9 Å². The van der Waals surface area contributed by atoms with Crippen molar-refractivity contribution in [1.82, 2.24) is 0 Å². The maximum atomic E-state index is 9.44. The predicted octanol–water partition coefficient (Wildman–Crippen LogP) is 3.67. The normalized spacial score (nSPS) is 29.0. The third kappa shape index (κ3) is 2.39. The monoisotopic (exact) mass is 260 g/mol. The van der Waals surface area contributed by atoms with Crippen molar-refractivity contribution in [2.24, 2.45) is 5.41 Å². The SMILES string of the molecule is CC1(C)COP(O)O[C@H]1c1ccccc1Cl. The third-order valence-corrected chi connectivity index (χ3v) is 3.73. The summed E-state index contributed by atoms with van der Waals surface area (Å²) in [5, 5.41) is 0.658. The molecule has 1 aromatic carbocycles. The zero-order chi connectivity index (χ0) is 11.8. The molecule has 5 heteroatoms. The van der Waals surface area contributed by atoms with E-state index in [1.54, 1.807) is 0 Å². The molecule has 16 heavy (non-hydrogen) atoms. The molecule has 88 valence electrons. The Morgan fingerprint density at radius 3 is 2.81 bits per heavy atom. The van der Waals surface area contributed by atoms with E-state index in [0.29, 0.717) is 11.6 Å². The van der Waals surface area contributed by atoms with Crippen LogP contribution in [0.15, 0.2) is 24.3 Å².